The van der Waals surface area contributed by atoms with Crippen molar-refractivity contribution in [1.29, 1.82) is 0 Å². The number of thiazole rings is 1. The number of hydrogen-bond donors (Lipinski definition) is 0. The predicted octanol–water partition coefficient (Wildman–Crippen LogP) is 4.05. The standard InChI is InChI=1S/C20H17NO4S/c1-13-4-3-5-15(10-13)19-21-16(12-26-19)11-18(22)25-17-8-6-14(7-9-17)20(23)24-2/h3-10,12H,11H2,1-2H3. The minimum atomic E-state index is -0.436. The fourth-order valence-electron chi connectivity index (χ4n) is 2.39. The molecule has 6 heteroatoms. The lowest BCUT2D eigenvalue weighted by atomic mass is 10.1. The summed E-state index contributed by atoms with van der Waals surface area (Å²) in [5.41, 5.74) is 3.26. The Morgan fingerprint density at radius 1 is 1.12 bits per heavy atom. The zero-order valence-corrected chi connectivity index (χ0v) is 15.2. The lowest BCUT2D eigenvalue weighted by Gasteiger charge is -2.04. The quantitative estimate of drug-likeness (QED) is 0.503. The van der Waals surface area contributed by atoms with Crippen LogP contribution >= 0.6 is 11.3 Å². The number of carbonyl (C=O) groups is 2. The normalized spacial score (nSPS) is 10.4. The fraction of sp³-hybridized carbons (Fsp3) is 0.150. The minimum absolute atomic E-state index is 0.0844. The Morgan fingerprint density at radius 2 is 1.88 bits per heavy atom. The molecule has 0 saturated heterocycles. The van der Waals surface area contributed by atoms with Crippen molar-refractivity contribution in [3.8, 4) is 16.3 Å². The van der Waals surface area contributed by atoms with Crippen LogP contribution in [0.4, 0.5) is 0 Å². The largest absolute Gasteiger partial charge is 0.465 e. The van der Waals surface area contributed by atoms with Crippen LogP contribution < -0.4 is 4.74 Å². The Hall–Kier alpha value is -2.99. The maximum atomic E-state index is 12.1. The summed E-state index contributed by atoms with van der Waals surface area (Å²) in [7, 11) is 1.31. The van der Waals surface area contributed by atoms with Crippen LogP contribution in [0.1, 0.15) is 21.6 Å². The Balaban J connectivity index is 1.63. The second-order valence-electron chi connectivity index (χ2n) is 5.68. The predicted molar refractivity (Wildman–Crippen MR) is 99.4 cm³/mol. The number of esters is 2. The van der Waals surface area contributed by atoms with E-state index >= 15 is 0 Å². The van der Waals surface area contributed by atoms with Crippen molar-refractivity contribution in [1.82, 2.24) is 4.98 Å². The topological polar surface area (TPSA) is 65.5 Å². The van der Waals surface area contributed by atoms with Gasteiger partial charge in [0.25, 0.3) is 0 Å². The molecule has 1 aromatic heterocycles. The molecule has 0 saturated carbocycles. The molecular formula is C20H17NO4S. The van der Waals surface area contributed by atoms with Gasteiger partial charge in [0.1, 0.15) is 10.8 Å². The third kappa shape index (κ3) is 4.34. The third-order valence-electron chi connectivity index (χ3n) is 3.65. The Kier molecular flexibility index (Phi) is 5.43. The van der Waals surface area contributed by atoms with Crippen LogP contribution in [0.25, 0.3) is 10.6 Å². The van der Waals surface area contributed by atoms with E-state index in [1.807, 2.05) is 30.5 Å². The van der Waals surface area contributed by atoms with Gasteiger partial charge in [-0.3, -0.25) is 4.79 Å². The molecule has 0 unspecified atom stereocenters. The van der Waals surface area contributed by atoms with Crippen LogP contribution in [0, 0.1) is 6.92 Å². The summed E-state index contributed by atoms with van der Waals surface area (Å²) in [6.07, 6.45) is 0.0844. The molecule has 0 atom stereocenters. The van der Waals surface area contributed by atoms with Crippen molar-refractivity contribution in [2.75, 3.05) is 7.11 Å². The van der Waals surface area contributed by atoms with E-state index in [1.165, 1.54) is 18.4 Å². The minimum Gasteiger partial charge on any atom is -0.465 e. The zero-order valence-electron chi connectivity index (χ0n) is 14.4. The highest BCUT2D eigenvalue weighted by molar-refractivity contribution is 7.13. The summed E-state index contributed by atoms with van der Waals surface area (Å²) in [5, 5.41) is 2.73. The molecular weight excluding hydrogens is 350 g/mol. The van der Waals surface area contributed by atoms with Gasteiger partial charge in [-0.2, -0.15) is 0 Å². The summed E-state index contributed by atoms with van der Waals surface area (Å²) < 4.78 is 9.92. The number of aromatic nitrogens is 1. The van der Waals surface area contributed by atoms with E-state index in [2.05, 4.69) is 15.8 Å². The third-order valence-corrected chi connectivity index (χ3v) is 4.59. The maximum absolute atomic E-state index is 12.1. The zero-order chi connectivity index (χ0) is 18.5. The summed E-state index contributed by atoms with van der Waals surface area (Å²) in [4.78, 5) is 28.0. The fourth-order valence-corrected chi connectivity index (χ4v) is 3.21. The average molecular weight is 367 g/mol. The number of nitrogens with zero attached hydrogens (tertiary/aromatic N) is 1. The van der Waals surface area contributed by atoms with Gasteiger partial charge in [-0.25, -0.2) is 9.78 Å². The molecule has 0 radical (unpaired) electrons. The molecule has 0 aliphatic heterocycles. The molecule has 3 rings (SSSR count). The first-order chi connectivity index (χ1) is 12.5. The van der Waals surface area contributed by atoms with E-state index in [0.29, 0.717) is 17.0 Å². The SMILES string of the molecule is COC(=O)c1ccc(OC(=O)Cc2csc(-c3cccc(C)c3)n2)cc1. The van der Waals surface area contributed by atoms with Gasteiger partial charge < -0.3 is 9.47 Å². The molecule has 0 amide bonds. The van der Waals surface area contributed by atoms with Gasteiger partial charge in [-0.05, 0) is 37.3 Å². The van der Waals surface area contributed by atoms with Crippen molar-refractivity contribution in [3.05, 3.63) is 70.7 Å². The first-order valence-electron chi connectivity index (χ1n) is 7.95. The number of ether oxygens (including phenoxy) is 2. The molecule has 5 nitrogen and oxygen atoms in total. The molecule has 0 fully saturated rings. The van der Waals surface area contributed by atoms with Gasteiger partial charge in [-0.1, -0.05) is 23.8 Å². The number of aryl methyl sites for hydroxylation is 1. The average Bonchev–Trinajstić information content (AvgIpc) is 3.10. The van der Waals surface area contributed by atoms with Gasteiger partial charge >= 0.3 is 11.9 Å². The van der Waals surface area contributed by atoms with Crippen LogP contribution in [0.2, 0.25) is 0 Å². The lowest BCUT2D eigenvalue weighted by molar-refractivity contribution is -0.133. The molecule has 1 heterocycles. The highest BCUT2D eigenvalue weighted by atomic mass is 32.1. The van der Waals surface area contributed by atoms with Crippen molar-refractivity contribution in [2.24, 2.45) is 0 Å². The molecule has 0 aliphatic rings. The first kappa shape index (κ1) is 17.8. The van der Waals surface area contributed by atoms with E-state index in [0.717, 1.165) is 16.1 Å². The van der Waals surface area contributed by atoms with Gasteiger partial charge in [0.05, 0.1) is 24.8 Å². The number of benzene rings is 2. The number of methoxy groups -OCH3 is 1. The van der Waals surface area contributed by atoms with E-state index in [9.17, 15) is 9.59 Å². The van der Waals surface area contributed by atoms with Gasteiger partial charge in [0.15, 0.2) is 0 Å². The summed E-state index contributed by atoms with van der Waals surface area (Å²) in [5.74, 6) is -0.470. The molecule has 0 bridgehead atoms. The molecule has 0 spiro atoms. The Bertz CT molecular complexity index is 931. The molecule has 2 aromatic carbocycles. The maximum Gasteiger partial charge on any atom is 0.337 e. The number of rotatable bonds is 5. The summed E-state index contributed by atoms with van der Waals surface area (Å²) in [6, 6.07) is 14.3. The monoisotopic (exact) mass is 367 g/mol. The lowest BCUT2D eigenvalue weighted by Crippen LogP contribution is -2.11. The van der Waals surface area contributed by atoms with Crippen LogP contribution in [0.5, 0.6) is 5.75 Å². The second kappa shape index (κ2) is 7.93. The highest BCUT2D eigenvalue weighted by Gasteiger charge is 2.12. The molecule has 132 valence electrons. The van der Waals surface area contributed by atoms with Crippen LogP contribution in [-0.2, 0) is 16.0 Å². The molecule has 0 N–H and O–H groups in total. The highest BCUT2D eigenvalue weighted by Crippen LogP contribution is 2.25. The van der Waals surface area contributed by atoms with Crippen LogP contribution in [-0.4, -0.2) is 24.0 Å². The van der Waals surface area contributed by atoms with E-state index < -0.39 is 11.9 Å². The van der Waals surface area contributed by atoms with Gasteiger partial charge in [0.2, 0.25) is 0 Å². The van der Waals surface area contributed by atoms with Crippen LogP contribution in [0.15, 0.2) is 53.9 Å². The van der Waals surface area contributed by atoms with Crippen molar-refractivity contribution in [3.63, 3.8) is 0 Å². The van der Waals surface area contributed by atoms with Crippen molar-refractivity contribution >= 4 is 23.3 Å². The summed E-state index contributed by atoms with van der Waals surface area (Å²) in [6.45, 7) is 2.03. The molecule has 26 heavy (non-hydrogen) atoms. The smallest absolute Gasteiger partial charge is 0.337 e. The van der Waals surface area contributed by atoms with E-state index in [1.54, 1.807) is 24.3 Å². The second-order valence-corrected chi connectivity index (χ2v) is 6.54. The van der Waals surface area contributed by atoms with E-state index in [4.69, 9.17) is 4.74 Å². The molecule has 0 aliphatic carbocycles. The van der Waals surface area contributed by atoms with E-state index in [-0.39, 0.29) is 6.42 Å². The molecule has 3 aromatic rings. The number of hydrogen-bond acceptors (Lipinski definition) is 6. The Morgan fingerprint density at radius 3 is 2.58 bits per heavy atom. The van der Waals surface area contributed by atoms with Crippen molar-refractivity contribution < 1.29 is 19.1 Å². The van der Waals surface area contributed by atoms with Gasteiger partial charge in [-0.15, -0.1) is 11.3 Å². The number of carbonyl (C=O) groups excluding carboxylic acids is 2. The van der Waals surface area contributed by atoms with Crippen molar-refractivity contribution in [2.45, 2.75) is 13.3 Å². The Labute approximate surface area is 155 Å². The summed E-state index contributed by atoms with van der Waals surface area (Å²) >= 11 is 1.50. The van der Waals surface area contributed by atoms with Crippen LogP contribution in [0.3, 0.4) is 0 Å². The first-order valence-corrected chi connectivity index (χ1v) is 8.83. The van der Waals surface area contributed by atoms with Gasteiger partial charge in [0, 0.05) is 10.9 Å².